The maximum atomic E-state index is 9.43. The van der Waals surface area contributed by atoms with Crippen LogP contribution < -0.4 is 0 Å². The van der Waals surface area contributed by atoms with Gasteiger partial charge in [0.05, 0.1) is 11.7 Å². The quantitative estimate of drug-likeness (QED) is 0.939. The highest BCUT2D eigenvalue weighted by atomic mass is 32.2. The van der Waals surface area contributed by atoms with Gasteiger partial charge in [0.2, 0.25) is 5.89 Å². The summed E-state index contributed by atoms with van der Waals surface area (Å²) < 4.78 is 5.30. The lowest BCUT2D eigenvalue weighted by Gasteiger charge is -2.16. The van der Waals surface area contributed by atoms with Crippen LogP contribution in [0.15, 0.2) is 28.8 Å². The number of aromatic nitrogens is 2. The average Bonchev–Trinajstić information content (AvgIpc) is 2.88. The molecule has 1 fully saturated rings. The van der Waals surface area contributed by atoms with E-state index in [0.717, 1.165) is 22.9 Å². The molecule has 1 aromatic carbocycles. The third-order valence-electron chi connectivity index (χ3n) is 2.85. The molecule has 4 nitrogen and oxygen atoms in total. The van der Waals surface area contributed by atoms with Crippen LogP contribution in [0.2, 0.25) is 0 Å². The molecule has 1 aliphatic heterocycles. The molecule has 2 aromatic rings. The fraction of sp³-hybridized carbons (Fsp3) is 0.385. The van der Waals surface area contributed by atoms with E-state index in [4.69, 9.17) is 4.52 Å². The van der Waals surface area contributed by atoms with Gasteiger partial charge in [0.1, 0.15) is 5.75 Å². The van der Waals surface area contributed by atoms with Gasteiger partial charge < -0.3 is 9.63 Å². The Morgan fingerprint density at radius 3 is 3.11 bits per heavy atom. The maximum Gasteiger partial charge on any atom is 0.231 e. The Kier molecular flexibility index (Phi) is 3.98. The summed E-state index contributed by atoms with van der Waals surface area (Å²) in [5.74, 6) is 5.07. The Labute approximate surface area is 120 Å². The Balaban J connectivity index is 1.70. The van der Waals surface area contributed by atoms with E-state index < -0.39 is 0 Å². The fourth-order valence-corrected chi connectivity index (χ4v) is 4.54. The third-order valence-corrected chi connectivity index (χ3v) is 5.60. The monoisotopic (exact) mass is 294 g/mol. The Hall–Kier alpha value is -1.14. The molecule has 100 valence electrons. The molecular weight excluding hydrogens is 280 g/mol. The largest absolute Gasteiger partial charge is 0.508 e. The molecule has 0 radical (unpaired) electrons. The Morgan fingerprint density at radius 1 is 1.37 bits per heavy atom. The van der Waals surface area contributed by atoms with Gasteiger partial charge in [-0.2, -0.15) is 16.7 Å². The van der Waals surface area contributed by atoms with Crippen LogP contribution in [0.5, 0.6) is 5.75 Å². The normalized spacial score (nSPS) is 19.5. The van der Waals surface area contributed by atoms with Crippen molar-refractivity contribution in [2.24, 2.45) is 0 Å². The minimum Gasteiger partial charge on any atom is -0.508 e. The second-order valence-corrected chi connectivity index (χ2v) is 6.79. The van der Waals surface area contributed by atoms with Gasteiger partial charge in [0, 0.05) is 17.3 Å². The summed E-state index contributed by atoms with van der Waals surface area (Å²) in [5.41, 5.74) is 0.973. The van der Waals surface area contributed by atoms with Crippen molar-refractivity contribution in [1.29, 1.82) is 0 Å². The van der Waals surface area contributed by atoms with Crippen LogP contribution >= 0.6 is 23.5 Å². The number of hydrogen-bond acceptors (Lipinski definition) is 6. The number of thioether (sulfide) groups is 2. The summed E-state index contributed by atoms with van der Waals surface area (Å²) in [6.45, 7) is 0. The molecule has 1 aliphatic rings. The van der Waals surface area contributed by atoms with Crippen molar-refractivity contribution in [3.8, 4) is 5.75 Å². The minimum atomic E-state index is 0.261. The molecule has 1 unspecified atom stereocenters. The second kappa shape index (κ2) is 5.88. The highest BCUT2D eigenvalue weighted by molar-refractivity contribution is 8.06. The summed E-state index contributed by atoms with van der Waals surface area (Å²) in [6.07, 6.45) is 0.561. The van der Waals surface area contributed by atoms with Crippen molar-refractivity contribution in [2.75, 3.05) is 17.3 Å². The zero-order valence-electron chi connectivity index (χ0n) is 10.3. The Bertz CT molecular complexity index is 553. The lowest BCUT2D eigenvalue weighted by molar-refractivity contribution is 0.379. The second-order valence-electron chi connectivity index (χ2n) is 4.33. The molecule has 3 rings (SSSR count). The lowest BCUT2D eigenvalue weighted by Crippen LogP contribution is -2.08. The first-order valence-corrected chi connectivity index (χ1v) is 8.31. The predicted molar refractivity (Wildman–Crippen MR) is 77.7 cm³/mol. The number of phenols is 1. The maximum absolute atomic E-state index is 9.43. The molecule has 19 heavy (non-hydrogen) atoms. The molecule has 0 saturated carbocycles. The minimum absolute atomic E-state index is 0.261. The van der Waals surface area contributed by atoms with Crippen molar-refractivity contribution in [3.63, 3.8) is 0 Å². The zero-order chi connectivity index (χ0) is 13.1. The molecule has 6 heteroatoms. The molecule has 1 aromatic heterocycles. The predicted octanol–water partition coefficient (Wildman–Crippen LogP) is 2.89. The highest BCUT2D eigenvalue weighted by Crippen LogP contribution is 2.35. The van der Waals surface area contributed by atoms with E-state index in [1.165, 1.54) is 5.75 Å². The van der Waals surface area contributed by atoms with E-state index in [1.807, 2.05) is 35.7 Å². The summed E-state index contributed by atoms with van der Waals surface area (Å²) in [7, 11) is 0. The van der Waals surface area contributed by atoms with Gasteiger partial charge in [-0.25, -0.2) is 0 Å². The van der Waals surface area contributed by atoms with Gasteiger partial charge in [0.15, 0.2) is 5.82 Å². The first kappa shape index (κ1) is 12.9. The summed E-state index contributed by atoms with van der Waals surface area (Å²) in [4.78, 5) is 4.47. The van der Waals surface area contributed by atoms with Crippen LogP contribution in [0.4, 0.5) is 0 Å². The molecule has 0 amide bonds. The van der Waals surface area contributed by atoms with Crippen LogP contribution in [0.1, 0.15) is 22.5 Å². The number of aromatic hydroxyl groups is 1. The van der Waals surface area contributed by atoms with E-state index in [9.17, 15) is 5.11 Å². The van der Waals surface area contributed by atoms with Crippen LogP contribution in [0.25, 0.3) is 0 Å². The first-order chi connectivity index (χ1) is 9.31. The molecule has 0 spiro atoms. The number of phenolic OH excluding ortho intramolecular Hbond substituents is 1. The zero-order valence-corrected chi connectivity index (χ0v) is 11.9. The summed E-state index contributed by atoms with van der Waals surface area (Å²) in [5, 5.41) is 13.9. The molecule has 1 saturated heterocycles. The van der Waals surface area contributed by atoms with E-state index in [0.29, 0.717) is 17.6 Å². The summed E-state index contributed by atoms with van der Waals surface area (Å²) >= 11 is 3.83. The molecular formula is C13H14N2O2S2. The van der Waals surface area contributed by atoms with Crippen molar-refractivity contribution in [3.05, 3.63) is 41.5 Å². The van der Waals surface area contributed by atoms with Crippen LogP contribution in [0, 0.1) is 0 Å². The SMILES string of the molecule is Oc1cccc(Cc2nc(C3CSCCS3)no2)c1. The van der Waals surface area contributed by atoms with Crippen LogP contribution in [-0.2, 0) is 6.42 Å². The van der Waals surface area contributed by atoms with Crippen molar-refractivity contribution in [1.82, 2.24) is 10.1 Å². The van der Waals surface area contributed by atoms with E-state index in [1.54, 1.807) is 12.1 Å². The van der Waals surface area contributed by atoms with Gasteiger partial charge in [-0.3, -0.25) is 0 Å². The number of rotatable bonds is 3. The molecule has 1 atom stereocenters. The standard InChI is InChI=1S/C13H14N2O2S2/c16-10-3-1-2-9(6-10)7-12-14-13(15-17-12)11-8-18-4-5-19-11/h1-3,6,11,16H,4-5,7-8H2. The van der Waals surface area contributed by atoms with Gasteiger partial charge in [-0.05, 0) is 17.7 Å². The van der Waals surface area contributed by atoms with Gasteiger partial charge >= 0.3 is 0 Å². The van der Waals surface area contributed by atoms with E-state index in [2.05, 4.69) is 10.1 Å². The van der Waals surface area contributed by atoms with Gasteiger partial charge in [-0.15, -0.1) is 11.8 Å². The number of nitrogens with zero attached hydrogens (tertiary/aromatic N) is 2. The molecule has 0 bridgehead atoms. The third kappa shape index (κ3) is 3.25. The smallest absolute Gasteiger partial charge is 0.231 e. The van der Waals surface area contributed by atoms with Crippen LogP contribution in [0.3, 0.4) is 0 Å². The first-order valence-electron chi connectivity index (χ1n) is 6.11. The van der Waals surface area contributed by atoms with Gasteiger partial charge in [0.25, 0.3) is 0 Å². The molecule has 2 heterocycles. The van der Waals surface area contributed by atoms with Gasteiger partial charge in [-0.1, -0.05) is 17.3 Å². The van der Waals surface area contributed by atoms with Crippen molar-refractivity contribution in [2.45, 2.75) is 11.7 Å². The lowest BCUT2D eigenvalue weighted by atomic mass is 10.1. The highest BCUT2D eigenvalue weighted by Gasteiger charge is 2.21. The van der Waals surface area contributed by atoms with E-state index >= 15 is 0 Å². The fourth-order valence-electron chi connectivity index (χ4n) is 1.95. The number of benzene rings is 1. The average molecular weight is 294 g/mol. The topological polar surface area (TPSA) is 59.2 Å². The van der Waals surface area contributed by atoms with Crippen LogP contribution in [-0.4, -0.2) is 32.5 Å². The molecule has 1 N–H and O–H groups in total. The number of hydrogen-bond donors (Lipinski definition) is 1. The van der Waals surface area contributed by atoms with E-state index in [-0.39, 0.29) is 5.75 Å². The Morgan fingerprint density at radius 2 is 2.32 bits per heavy atom. The summed E-state index contributed by atoms with van der Waals surface area (Å²) in [6, 6.07) is 7.12. The van der Waals surface area contributed by atoms with Crippen molar-refractivity contribution >= 4 is 23.5 Å². The van der Waals surface area contributed by atoms with Crippen molar-refractivity contribution < 1.29 is 9.63 Å². The molecule has 0 aliphatic carbocycles.